The zero-order valence-corrected chi connectivity index (χ0v) is 26.6. The summed E-state index contributed by atoms with van der Waals surface area (Å²) in [5.41, 5.74) is 5.97. The highest BCUT2D eigenvalue weighted by Crippen LogP contribution is 2.33. The van der Waals surface area contributed by atoms with Gasteiger partial charge in [0.05, 0.1) is 58.5 Å². The first-order valence-corrected chi connectivity index (χ1v) is 17.5. The molecule has 0 saturated heterocycles. The van der Waals surface area contributed by atoms with Crippen molar-refractivity contribution in [1.29, 1.82) is 0 Å². The molecule has 0 aliphatic rings. The minimum Gasteiger partial charge on any atom is -0.443 e. The van der Waals surface area contributed by atoms with E-state index in [1.165, 1.54) is 50.3 Å². The van der Waals surface area contributed by atoms with E-state index in [9.17, 15) is 14.2 Å². The molecule has 0 spiro atoms. The van der Waals surface area contributed by atoms with Crippen LogP contribution in [0.25, 0.3) is 0 Å². The normalized spacial score (nSPS) is 13.1. The first kappa shape index (κ1) is 40.0. The van der Waals surface area contributed by atoms with E-state index in [0.29, 0.717) is 44.4 Å². The fourth-order valence-electron chi connectivity index (χ4n) is 3.45. The number of nitrogens with two attached hydrogens (primary N) is 1. The number of unbranched alkanes of at least 4 members (excludes halogenated alkanes) is 7. The number of nitrogens with one attached hydrogen (secondary N) is 2. The summed E-state index contributed by atoms with van der Waals surface area (Å²) >= 11 is 1.42. The first-order valence-electron chi connectivity index (χ1n) is 14.5. The van der Waals surface area contributed by atoms with E-state index in [2.05, 4.69) is 17.6 Å². The van der Waals surface area contributed by atoms with Crippen molar-refractivity contribution >= 4 is 31.4 Å². The number of ether oxygens (including phenoxy) is 5. The zero-order valence-electron chi connectivity index (χ0n) is 24.9. The van der Waals surface area contributed by atoms with Crippen LogP contribution in [-0.4, -0.2) is 118 Å². The summed E-state index contributed by atoms with van der Waals surface area (Å²) in [6.45, 7) is 4.80. The molecule has 13 nitrogen and oxygen atoms in total. The summed E-state index contributed by atoms with van der Waals surface area (Å²) in [5, 5.41) is 5.51. The molecule has 0 rings (SSSR count). The third-order valence-electron chi connectivity index (χ3n) is 5.68. The van der Waals surface area contributed by atoms with E-state index >= 15 is 0 Å². The third kappa shape index (κ3) is 28.9. The van der Waals surface area contributed by atoms with E-state index in [-0.39, 0.29) is 38.5 Å². The zero-order chi connectivity index (χ0) is 30.6. The number of amides is 2. The molecule has 41 heavy (non-hydrogen) atoms. The lowest BCUT2D eigenvalue weighted by molar-refractivity contribution is -0.122. The van der Waals surface area contributed by atoms with Gasteiger partial charge in [0.15, 0.2) is 0 Å². The van der Waals surface area contributed by atoms with Gasteiger partial charge in [-0.25, -0.2) is 4.79 Å². The highest BCUT2D eigenvalue weighted by molar-refractivity contribution is 7.99. The van der Waals surface area contributed by atoms with Gasteiger partial charge in [0.2, 0.25) is 5.91 Å². The summed E-state index contributed by atoms with van der Waals surface area (Å²) in [7, 11) is -2.49. The second-order valence-electron chi connectivity index (χ2n) is 9.54. The Morgan fingerprint density at radius 2 is 1.41 bits per heavy atom. The Bertz CT molecular complexity index is 690. The standard InChI is InChI=1S/C26H54N3O10PS/c1-3-4-5-6-7-8-9-10-11-29-26(31)39-23(20-35-2)21-41-22-24(27)25(30)28-12-13-36-14-15-37-16-17-38-18-19-40(32,33)34/h23-24H,3-22,27H2,1-2H3,(H,28,30)(H,29,31)(H2,32,33,34)/t23-,24+/m1/s1. The van der Waals surface area contributed by atoms with Crippen molar-refractivity contribution in [1.82, 2.24) is 10.6 Å². The van der Waals surface area contributed by atoms with Gasteiger partial charge in [0.1, 0.15) is 6.10 Å². The summed E-state index contributed by atoms with van der Waals surface area (Å²) in [6.07, 6.45) is 8.36. The Morgan fingerprint density at radius 3 is 2.02 bits per heavy atom. The second kappa shape index (κ2) is 27.8. The van der Waals surface area contributed by atoms with Crippen molar-refractivity contribution in [2.45, 2.75) is 70.4 Å². The van der Waals surface area contributed by atoms with Crippen LogP contribution < -0.4 is 16.4 Å². The van der Waals surface area contributed by atoms with Crippen molar-refractivity contribution in [3.63, 3.8) is 0 Å². The number of hydrogen-bond donors (Lipinski definition) is 5. The van der Waals surface area contributed by atoms with Crippen LogP contribution in [0.1, 0.15) is 58.3 Å². The van der Waals surface area contributed by atoms with Gasteiger partial charge in [-0.15, -0.1) is 0 Å². The molecule has 0 aliphatic heterocycles. The Hall–Kier alpha value is -0.960. The third-order valence-corrected chi connectivity index (χ3v) is 7.65. The Balaban J connectivity index is 3.78. The van der Waals surface area contributed by atoms with Crippen LogP contribution in [0.4, 0.5) is 4.79 Å². The number of hydrogen-bond acceptors (Lipinski definition) is 10. The number of carbonyl (C=O) groups excluding carboxylic acids is 2. The van der Waals surface area contributed by atoms with Crippen molar-refractivity contribution in [2.24, 2.45) is 5.73 Å². The lowest BCUT2D eigenvalue weighted by Gasteiger charge is -2.18. The minimum atomic E-state index is -4.03. The topological polar surface area (TPSA) is 188 Å². The average molecular weight is 632 g/mol. The molecule has 0 saturated carbocycles. The fraction of sp³-hybridized carbons (Fsp3) is 0.923. The number of rotatable bonds is 29. The summed E-state index contributed by atoms with van der Waals surface area (Å²) in [6, 6.07) is -0.715. The molecule has 0 bridgehead atoms. The van der Waals surface area contributed by atoms with Crippen LogP contribution in [0.5, 0.6) is 0 Å². The van der Waals surface area contributed by atoms with Crippen molar-refractivity contribution < 1.29 is 47.6 Å². The molecule has 0 aromatic carbocycles. The lowest BCUT2D eigenvalue weighted by atomic mass is 10.1. The van der Waals surface area contributed by atoms with Crippen LogP contribution in [0, 0.1) is 0 Å². The monoisotopic (exact) mass is 631 g/mol. The molecule has 0 aliphatic carbocycles. The lowest BCUT2D eigenvalue weighted by Crippen LogP contribution is -2.43. The van der Waals surface area contributed by atoms with E-state index in [4.69, 9.17) is 39.2 Å². The summed E-state index contributed by atoms with van der Waals surface area (Å²) in [4.78, 5) is 41.7. The van der Waals surface area contributed by atoms with E-state index in [1.54, 1.807) is 7.11 Å². The maximum absolute atomic E-state index is 12.2. The molecule has 0 radical (unpaired) electrons. The maximum Gasteiger partial charge on any atom is 0.407 e. The van der Waals surface area contributed by atoms with Crippen molar-refractivity contribution in [2.75, 3.05) is 84.1 Å². The molecule has 0 unspecified atom stereocenters. The van der Waals surface area contributed by atoms with Gasteiger partial charge in [0.25, 0.3) is 0 Å². The molecule has 15 heteroatoms. The molecular formula is C26H54N3O10PS. The molecule has 0 aromatic rings. The molecule has 2 amide bonds. The predicted octanol–water partition coefficient (Wildman–Crippen LogP) is 2.27. The Morgan fingerprint density at radius 1 is 0.829 bits per heavy atom. The quantitative estimate of drug-likeness (QED) is 0.0599. The number of alkyl carbamates (subject to hydrolysis) is 1. The second-order valence-corrected chi connectivity index (χ2v) is 12.4. The van der Waals surface area contributed by atoms with Crippen LogP contribution in [0.2, 0.25) is 0 Å². The van der Waals surface area contributed by atoms with Gasteiger partial charge in [-0.1, -0.05) is 51.9 Å². The van der Waals surface area contributed by atoms with Gasteiger partial charge >= 0.3 is 13.7 Å². The number of methoxy groups -OCH3 is 1. The molecule has 244 valence electrons. The Kier molecular flexibility index (Phi) is 27.2. The van der Waals surface area contributed by atoms with Crippen LogP contribution in [-0.2, 0) is 33.0 Å². The largest absolute Gasteiger partial charge is 0.443 e. The molecule has 0 aromatic heterocycles. The van der Waals surface area contributed by atoms with Crippen LogP contribution in [0.3, 0.4) is 0 Å². The van der Waals surface area contributed by atoms with Gasteiger partial charge in [-0.3, -0.25) is 9.36 Å². The van der Waals surface area contributed by atoms with Crippen molar-refractivity contribution in [3.8, 4) is 0 Å². The first-order chi connectivity index (χ1) is 19.7. The highest BCUT2D eigenvalue weighted by atomic mass is 32.2. The molecule has 6 N–H and O–H groups in total. The van der Waals surface area contributed by atoms with Gasteiger partial charge in [0, 0.05) is 31.7 Å². The SMILES string of the molecule is CCCCCCCCCCNC(=O)O[C@H](COC)CSC[C@H](N)C(=O)NCCOCCOCCOCCP(=O)(O)O. The number of carbonyl (C=O) groups is 2. The van der Waals surface area contributed by atoms with Gasteiger partial charge < -0.3 is 49.8 Å². The maximum atomic E-state index is 12.2. The van der Waals surface area contributed by atoms with Crippen molar-refractivity contribution in [3.05, 3.63) is 0 Å². The number of thioether (sulfide) groups is 1. The molecular weight excluding hydrogens is 577 g/mol. The smallest absolute Gasteiger partial charge is 0.407 e. The van der Waals surface area contributed by atoms with E-state index < -0.39 is 25.8 Å². The summed E-state index contributed by atoms with van der Waals surface area (Å²) in [5.74, 6) is 0.523. The minimum absolute atomic E-state index is 0.0252. The van der Waals surface area contributed by atoms with Crippen LogP contribution >= 0.6 is 19.4 Å². The molecule has 2 atom stereocenters. The summed E-state index contributed by atoms with van der Waals surface area (Å²) < 4.78 is 37.0. The molecule has 0 heterocycles. The predicted molar refractivity (Wildman–Crippen MR) is 160 cm³/mol. The van der Waals surface area contributed by atoms with Crippen LogP contribution in [0.15, 0.2) is 0 Å². The van der Waals surface area contributed by atoms with E-state index in [1.807, 2.05) is 0 Å². The Labute approximate surface area is 249 Å². The van der Waals surface area contributed by atoms with Gasteiger partial charge in [-0.05, 0) is 6.42 Å². The highest BCUT2D eigenvalue weighted by Gasteiger charge is 2.18. The fourth-order valence-corrected chi connectivity index (χ4v) is 4.78. The average Bonchev–Trinajstić information content (AvgIpc) is 2.92. The van der Waals surface area contributed by atoms with E-state index in [0.717, 1.165) is 12.8 Å². The van der Waals surface area contributed by atoms with Gasteiger partial charge in [-0.2, -0.15) is 11.8 Å². The molecule has 0 fully saturated rings.